The molecule has 0 atom stereocenters. The third kappa shape index (κ3) is 13.4. The van der Waals surface area contributed by atoms with Gasteiger partial charge in [0.05, 0.1) is 21.3 Å². The fourth-order valence-corrected chi connectivity index (χ4v) is 5.02. The molecule has 0 unspecified atom stereocenters. The highest BCUT2D eigenvalue weighted by atomic mass is 16.5. The van der Waals surface area contributed by atoms with Crippen LogP contribution in [0.5, 0.6) is 17.2 Å². The van der Waals surface area contributed by atoms with Crippen molar-refractivity contribution in [1.29, 1.82) is 0 Å². The maximum absolute atomic E-state index is 11.2. The molecule has 0 saturated carbocycles. The molecule has 6 aromatic rings. The lowest BCUT2D eigenvalue weighted by atomic mass is 10.0. The molecular weight excluding hydrogens is 693 g/mol. The summed E-state index contributed by atoms with van der Waals surface area (Å²) in [5.74, 6) is 2.74. The Kier molecular flexibility index (Phi) is 16.4. The molecule has 0 saturated heterocycles. The van der Waals surface area contributed by atoms with Gasteiger partial charge >= 0.3 is 0 Å². The molecule has 0 aliphatic rings. The van der Waals surface area contributed by atoms with E-state index in [1.165, 1.54) is 25.0 Å². The monoisotopic (exact) mass is 738 g/mol. The van der Waals surface area contributed by atoms with Crippen molar-refractivity contribution in [2.24, 2.45) is 0 Å². The summed E-state index contributed by atoms with van der Waals surface area (Å²) >= 11 is 0. The Hall–Kier alpha value is -6.67. The standard InChI is InChI=1S/C14H14O2.C14H12O2.C10H10O2.C9H10O2/c1-15-13-7-3-11(4-8-13)12-5-9-14(16-2)10-6-12;1-9(15)11-3-5-14-8-12(10(2)16)4-6-13(14)7-11;1-7(11)9-3-5-10(6-4-9)8(2)12;1-7(10)8-3-5-9(11-2)6-4-8/h3-10H,1-2H3;3-8H,1-2H3;3-6H,1-2H3;3-6H,1-2H3. The van der Waals surface area contributed by atoms with Crippen molar-refractivity contribution < 1.29 is 38.2 Å². The number of ketones is 5. The smallest absolute Gasteiger partial charge is 0.159 e. The van der Waals surface area contributed by atoms with Crippen LogP contribution in [0.4, 0.5) is 0 Å². The molecule has 0 fully saturated rings. The van der Waals surface area contributed by atoms with E-state index in [4.69, 9.17) is 14.2 Å². The number of carbonyl (C=O) groups is 5. The van der Waals surface area contributed by atoms with E-state index in [0.29, 0.717) is 27.8 Å². The van der Waals surface area contributed by atoms with Crippen LogP contribution in [0.25, 0.3) is 21.9 Å². The molecule has 0 spiro atoms. The highest BCUT2D eigenvalue weighted by Gasteiger charge is 2.05. The summed E-state index contributed by atoms with van der Waals surface area (Å²) in [6.45, 7) is 7.64. The van der Waals surface area contributed by atoms with Gasteiger partial charge in [-0.05, 0) is 117 Å². The van der Waals surface area contributed by atoms with Crippen molar-refractivity contribution in [2.75, 3.05) is 21.3 Å². The lowest BCUT2D eigenvalue weighted by molar-refractivity contribution is 0.100. The van der Waals surface area contributed by atoms with Gasteiger partial charge in [0.25, 0.3) is 0 Å². The summed E-state index contributed by atoms with van der Waals surface area (Å²) < 4.78 is 15.2. The maximum atomic E-state index is 11.2. The molecule has 0 N–H and O–H groups in total. The summed E-state index contributed by atoms with van der Waals surface area (Å²) in [5, 5.41) is 1.97. The van der Waals surface area contributed by atoms with Gasteiger partial charge in [0.2, 0.25) is 0 Å². The Bertz CT molecular complexity index is 2080. The van der Waals surface area contributed by atoms with E-state index in [-0.39, 0.29) is 28.9 Å². The van der Waals surface area contributed by atoms with Crippen molar-refractivity contribution in [3.05, 3.63) is 161 Å². The lowest BCUT2D eigenvalue weighted by Crippen LogP contribution is -1.95. The van der Waals surface area contributed by atoms with E-state index in [9.17, 15) is 24.0 Å². The second-order valence-corrected chi connectivity index (χ2v) is 12.3. The molecule has 0 heterocycles. The summed E-state index contributed by atoms with van der Waals surface area (Å²) in [7, 11) is 4.94. The van der Waals surface area contributed by atoms with Crippen LogP contribution < -0.4 is 14.2 Å². The minimum Gasteiger partial charge on any atom is -0.497 e. The van der Waals surface area contributed by atoms with Gasteiger partial charge in [-0.15, -0.1) is 0 Å². The highest BCUT2D eigenvalue weighted by molar-refractivity contribution is 6.02. The number of ether oxygens (including phenoxy) is 3. The Balaban J connectivity index is 0.000000200. The Labute approximate surface area is 322 Å². The lowest BCUT2D eigenvalue weighted by Gasteiger charge is -2.05. The first-order valence-electron chi connectivity index (χ1n) is 17.4. The minimum absolute atomic E-state index is 0.0186. The van der Waals surface area contributed by atoms with Gasteiger partial charge in [-0.3, -0.25) is 24.0 Å². The van der Waals surface area contributed by atoms with Gasteiger partial charge in [-0.2, -0.15) is 0 Å². The second-order valence-electron chi connectivity index (χ2n) is 12.3. The largest absolute Gasteiger partial charge is 0.497 e. The number of Topliss-reactive ketones (excluding diaryl/α,β-unsaturated/α-hetero) is 5. The molecule has 0 bridgehead atoms. The topological polar surface area (TPSA) is 113 Å². The van der Waals surface area contributed by atoms with Crippen LogP contribution in [0.15, 0.2) is 133 Å². The Morgan fingerprint density at radius 1 is 0.309 bits per heavy atom. The fourth-order valence-electron chi connectivity index (χ4n) is 5.02. The van der Waals surface area contributed by atoms with E-state index < -0.39 is 0 Å². The first kappa shape index (κ1) is 42.7. The molecule has 8 heteroatoms. The van der Waals surface area contributed by atoms with Crippen molar-refractivity contribution in [1.82, 2.24) is 0 Å². The number of hydrogen-bond acceptors (Lipinski definition) is 8. The zero-order chi connectivity index (χ0) is 40.5. The Morgan fingerprint density at radius 2 is 0.527 bits per heavy atom. The van der Waals surface area contributed by atoms with E-state index in [2.05, 4.69) is 0 Å². The van der Waals surface area contributed by atoms with E-state index in [1.807, 2.05) is 72.8 Å². The molecule has 8 nitrogen and oxygen atoms in total. The predicted octanol–water partition coefficient (Wildman–Crippen LogP) is 10.6. The van der Waals surface area contributed by atoms with Gasteiger partial charge < -0.3 is 14.2 Å². The van der Waals surface area contributed by atoms with Gasteiger partial charge in [0.1, 0.15) is 17.2 Å². The number of carbonyl (C=O) groups excluding carboxylic acids is 5. The fraction of sp³-hybridized carbons (Fsp3) is 0.170. The molecule has 6 aromatic carbocycles. The summed E-state index contributed by atoms with van der Waals surface area (Å²) in [5.41, 5.74) is 5.73. The molecule has 0 aromatic heterocycles. The predicted molar refractivity (Wildman–Crippen MR) is 218 cm³/mol. The van der Waals surface area contributed by atoms with Crippen LogP contribution in [0, 0.1) is 0 Å². The van der Waals surface area contributed by atoms with Gasteiger partial charge in [0.15, 0.2) is 28.9 Å². The van der Waals surface area contributed by atoms with Crippen LogP contribution in [0.3, 0.4) is 0 Å². The van der Waals surface area contributed by atoms with Crippen molar-refractivity contribution in [3.8, 4) is 28.4 Å². The quantitative estimate of drug-likeness (QED) is 0.135. The summed E-state index contributed by atoms with van der Waals surface area (Å²) in [6.07, 6.45) is 0. The summed E-state index contributed by atoms with van der Waals surface area (Å²) in [4.78, 5) is 54.9. The third-order valence-corrected chi connectivity index (χ3v) is 8.36. The zero-order valence-corrected chi connectivity index (χ0v) is 32.5. The van der Waals surface area contributed by atoms with Gasteiger partial charge in [-0.1, -0.05) is 72.8 Å². The minimum atomic E-state index is 0.0186. The first-order valence-corrected chi connectivity index (χ1v) is 17.4. The SMILES string of the molecule is CC(=O)c1ccc(C(C)=O)cc1.CC(=O)c1ccc2cc(C(C)=O)ccc2c1.COc1ccc(-c2ccc(OC)cc2)cc1.COc1ccc(C(C)=O)cc1. The molecule has 0 amide bonds. The van der Waals surface area contributed by atoms with Gasteiger partial charge in [0, 0.05) is 27.8 Å². The van der Waals surface area contributed by atoms with Crippen LogP contribution in [0.2, 0.25) is 0 Å². The molecule has 6 rings (SSSR count). The second kappa shape index (κ2) is 21.1. The average Bonchev–Trinajstić information content (AvgIpc) is 3.21. The normalized spacial score (nSPS) is 9.82. The van der Waals surface area contributed by atoms with Crippen molar-refractivity contribution >= 4 is 39.7 Å². The molecule has 0 aliphatic heterocycles. The molecular formula is C47H46O8. The van der Waals surface area contributed by atoms with E-state index in [0.717, 1.165) is 28.0 Å². The van der Waals surface area contributed by atoms with Gasteiger partial charge in [-0.25, -0.2) is 0 Å². The van der Waals surface area contributed by atoms with Crippen LogP contribution in [0.1, 0.15) is 86.4 Å². The average molecular weight is 739 g/mol. The molecule has 0 aliphatic carbocycles. The van der Waals surface area contributed by atoms with Crippen LogP contribution in [-0.2, 0) is 0 Å². The number of rotatable bonds is 9. The number of benzene rings is 6. The number of fused-ring (bicyclic) bond motifs is 1. The number of methoxy groups -OCH3 is 3. The number of hydrogen-bond donors (Lipinski definition) is 0. The van der Waals surface area contributed by atoms with Crippen LogP contribution in [-0.4, -0.2) is 50.2 Å². The molecule has 0 radical (unpaired) electrons. The van der Waals surface area contributed by atoms with Crippen LogP contribution >= 0.6 is 0 Å². The zero-order valence-electron chi connectivity index (χ0n) is 32.5. The molecule has 55 heavy (non-hydrogen) atoms. The maximum Gasteiger partial charge on any atom is 0.159 e. The van der Waals surface area contributed by atoms with E-state index in [1.54, 1.807) is 103 Å². The Morgan fingerprint density at radius 3 is 0.764 bits per heavy atom. The molecule has 282 valence electrons. The highest BCUT2D eigenvalue weighted by Crippen LogP contribution is 2.24. The van der Waals surface area contributed by atoms with Crippen molar-refractivity contribution in [3.63, 3.8) is 0 Å². The summed E-state index contributed by atoms with van der Waals surface area (Å²) in [6, 6.07) is 40.7. The first-order chi connectivity index (χ1) is 26.3. The van der Waals surface area contributed by atoms with E-state index >= 15 is 0 Å². The van der Waals surface area contributed by atoms with Crippen molar-refractivity contribution in [2.45, 2.75) is 34.6 Å². The third-order valence-electron chi connectivity index (χ3n) is 8.36.